The first-order valence-corrected chi connectivity index (χ1v) is 9.31. The Kier molecular flexibility index (Phi) is 3.89. The van der Waals surface area contributed by atoms with Gasteiger partial charge in [0.25, 0.3) is 5.91 Å². The molecule has 5 nitrogen and oxygen atoms in total. The molecule has 3 aromatic rings. The average molecular weight is 380 g/mol. The third-order valence-electron chi connectivity index (χ3n) is 5.63. The Morgan fingerprint density at radius 2 is 1.86 bits per heavy atom. The van der Waals surface area contributed by atoms with Crippen LogP contribution in [0.5, 0.6) is 0 Å². The molecule has 0 spiro atoms. The molecule has 1 heterocycles. The van der Waals surface area contributed by atoms with Gasteiger partial charge in [0, 0.05) is 17.5 Å². The van der Waals surface area contributed by atoms with Crippen LogP contribution in [0, 0.1) is 11.6 Å². The zero-order valence-corrected chi connectivity index (χ0v) is 15.0. The number of aromatic nitrogens is 2. The molecule has 2 aliphatic rings. The number of hydrogen-bond donors (Lipinski definition) is 2. The summed E-state index contributed by atoms with van der Waals surface area (Å²) < 4.78 is 29.2. The Morgan fingerprint density at radius 3 is 2.64 bits per heavy atom. The molecule has 142 valence electrons. The van der Waals surface area contributed by atoms with Gasteiger partial charge >= 0.3 is 0 Å². The van der Waals surface area contributed by atoms with Crippen LogP contribution in [0.4, 0.5) is 14.5 Å². The number of anilines is 1. The highest BCUT2D eigenvalue weighted by Gasteiger charge is 2.44. The fraction of sp³-hybridized carbons (Fsp3) is 0.238. The van der Waals surface area contributed by atoms with Crippen molar-refractivity contribution in [3.05, 3.63) is 77.1 Å². The van der Waals surface area contributed by atoms with Crippen LogP contribution >= 0.6 is 0 Å². The molecule has 2 aromatic carbocycles. The summed E-state index contributed by atoms with van der Waals surface area (Å²) in [6.45, 7) is 0. The molecule has 2 bridgehead atoms. The quantitative estimate of drug-likeness (QED) is 0.665. The lowest BCUT2D eigenvalue weighted by atomic mass is 9.95. The first kappa shape index (κ1) is 16.9. The standard InChI is InChI=1S/C21H18F2N4O/c22-14-8-9-17(16(23)11-14)27-20-13-7-6-12(10-13)18(20)19(26-27)21(28)25-24-15-4-2-1-3-5-15/h1-5,8-9,11-13,24H,6-7,10H2,(H,25,28). The second-order valence-corrected chi connectivity index (χ2v) is 7.31. The number of nitrogens with zero attached hydrogens (tertiary/aromatic N) is 2. The zero-order chi connectivity index (χ0) is 19.3. The Morgan fingerprint density at radius 1 is 1.07 bits per heavy atom. The number of carbonyl (C=O) groups excluding carboxylic acids is 1. The van der Waals surface area contributed by atoms with Gasteiger partial charge in [0.15, 0.2) is 11.5 Å². The maximum absolute atomic E-state index is 14.4. The second kappa shape index (κ2) is 6.44. The number of benzene rings is 2. The Labute approximate surface area is 160 Å². The Hall–Kier alpha value is -3.22. The van der Waals surface area contributed by atoms with E-state index < -0.39 is 11.6 Å². The van der Waals surface area contributed by atoms with Gasteiger partial charge in [0.05, 0.1) is 11.4 Å². The number of para-hydroxylation sites is 1. The van der Waals surface area contributed by atoms with Crippen molar-refractivity contribution in [3.63, 3.8) is 0 Å². The van der Waals surface area contributed by atoms with Crippen molar-refractivity contribution in [3.8, 4) is 5.69 Å². The van der Waals surface area contributed by atoms with Crippen molar-refractivity contribution in [2.45, 2.75) is 31.1 Å². The van der Waals surface area contributed by atoms with Crippen molar-refractivity contribution >= 4 is 11.6 Å². The first-order valence-electron chi connectivity index (χ1n) is 9.31. The van der Waals surface area contributed by atoms with E-state index in [4.69, 9.17) is 0 Å². The van der Waals surface area contributed by atoms with Gasteiger partial charge in [-0.2, -0.15) is 5.10 Å². The number of nitrogens with one attached hydrogen (secondary N) is 2. The summed E-state index contributed by atoms with van der Waals surface area (Å²) in [6, 6.07) is 12.7. The Balaban J connectivity index is 1.52. The fourth-order valence-electron chi connectivity index (χ4n) is 4.44. The van der Waals surface area contributed by atoms with E-state index in [-0.39, 0.29) is 23.4 Å². The monoisotopic (exact) mass is 380 g/mol. The number of amides is 1. The highest BCUT2D eigenvalue weighted by Crippen LogP contribution is 2.54. The number of rotatable bonds is 4. The molecular weight excluding hydrogens is 362 g/mol. The summed E-state index contributed by atoms with van der Waals surface area (Å²) in [4.78, 5) is 12.8. The first-order chi connectivity index (χ1) is 13.6. The van der Waals surface area contributed by atoms with Gasteiger partial charge in [-0.3, -0.25) is 15.6 Å². The molecule has 1 amide bonds. The van der Waals surface area contributed by atoms with Gasteiger partial charge in [0.1, 0.15) is 11.5 Å². The molecule has 2 N–H and O–H groups in total. The van der Waals surface area contributed by atoms with E-state index >= 15 is 0 Å². The van der Waals surface area contributed by atoms with Gasteiger partial charge in [-0.15, -0.1) is 0 Å². The third kappa shape index (κ3) is 2.66. The molecule has 1 aromatic heterocycles. The molecule has 2 unspecified atom stereocenters. The molecule has 0 saturated heterocycles. The minimum Gasteiger partial charge on any atom is -0.298 e. The zero-order valence-electron chi connectivity index (χ0n) is 15.0. The largest absolute Gasteiger partial charge is 0.298 e. The highest BCUT2D eigenvalue weighted by atomic mass is 19.1. The summed E-state index contributed by atoms with van der Waals surface area (Å²) in [5, 5.41) is 4.45. The van der Waals surface area contributed by atoms with Crippen LogP contribution in [0.3, 0.4) is 0 Å². The van der Waals surface area contributed by atoms with Crippen LogP contribution in [0.1, 0.15) is 52.8 Å². The minimum atomic E-state index is -0.692. The van der Waals surface area contributed by atoms with Crippen molar-refractivity contribution in [2.75, 3.05) is 5.43 Å². The van der Waals surface area contributed by atoms with Gasteiger partial charge < -0.3 is 0 Å². The fourth-order valence-corrected chi connectivity index (χ4v) is 4.44. The maximum Gasteiger partial charge on any atom is 0.290 e. The van der Waals surface area contributed by atoms with E-state index in [9.17, 15) is 13.6 Å². The van der Waals surface area contributed by atoms with Crippen LogP contribution in [0.25, 0.3) is 5.69 Å². The van der Waals surface area contributed by atoms with Crippen molar-refractivity contribution < 1.29 is 13.6 Å². The lowest BCUT2D eigenvalue weighted by Gasteiger charge is -2.14. The minimum absolute atomic E-state index is 0.167. The molecular formula is C21H18F2N4O. The topological polar surface area (TPSA) is 59.0 Å². The Bertz CT molecular complexity index is 1060. The van der Waals surface area contributed by atoms with E-state index in [1.54, 1.807) is 0 Å². The molecule has 1 fully saturated rings. The van der Waals surface area contributed by atoms with Crippen LogP contribution in [-0.4, -0.2) is 15.7 Å². The van der Waals surface area contributed by atoms with Crippen molar-refractivity contribution in [1.29, 1.82) is 0 Å². The number of hydrazine groups is 1. The van der Waals surface area contributed by atoms with Crippen molar-refractivity contribution in [2.24, 2.45) is 0 Å². The van der Waals surface area contributed by atoms with Crippen LogP contribution < -0.4 is 10.9 Å². The molecule has 5 rings (SSSR count). The summed E-state index contributed by atoms with van der Waals surface area (Å²) in [5.74, 6) is -1.19. The normalized spacial score (nSPS) is 19.5. The number of hydrogen-bond acceptors (Lipinski definition) is 3. The predicted octanol–water partition coefficient (Wildman–Crippen LogP) is 4.27. The highest BCUT2D eigenvalue weighted by molar-refractivity contribution is 5.95. The van der Waals surface area contributed by atoms with E-state index in [1.807, 2.05) is 30.3 Å². The SMILES string of the molecule is O=C(NNc1ccccc1)c1nn(-c2ccc(F)cc2F)c2c1C1CCC2C1. The van der Waals surface area contributed by atoms with E-state index in [0.29, 0.717) is 5.69 Å². The number of fused-ring (bicyclic) bond motifs is 5. The van der Waals surface area contributed by atoms with E-state index in [2.05, 4.69) is 16.0 Å². The van der Waals surface area contributed by atoms with Gasteiger partial charge in [-0.05, 0) is 49.4 Å². The molecule has 0 aliphatic heterocycles. The predicted molar refractivity (Wildman–Crippen MR) is 100 cm³/mol. The van der Waals surface area contributed by atoms with Gasteiger partial charge in [-0.1, -0.05) is 18.2 Å². The van der Waals surface area contributed by atoms with Gasteiger partial charge in [0.2, 0.25) is 0 Å². The molecule has 0 radical (unpaired) electrons. The van der Waals surface area contributed by atoms with Crippen LogP contribution in [0.2, 0.25) is 0 Å². The van der Waals surface area contributed by atoms with Gasteiger partial charge in [-0.25, -0.2) is 13.5 Å². The molecule has 2 aliphatic carbocycles. The molecule has 7 heteroatoms. The average Bonchev–Trinajstić information content (AvgIpc) is 3.40. The molecule has 28 heavy (non-hydrogen) atoms. The summed E-state index contributed by atoms with van der Waals surface area (Å²) in [5.41, 5.74) is 8.54. The summed E-state index contributed by atoms with van der Waals surface area (Å²) in [7, 11) is 0. The van der Waals surface area contributed by atoms with Crippen molar-refractivity contribution in [1.82, 2.24) is 15.2 Å². The van der Waals surface area contributed by atoms with E-state index in [1.165, 1.54) is 16.8 Å². The smallest absolute Gasteiger partial charge is 0.290 e. The second-order valence-electron chi connectivity index (χ2n) is 7.31. The van der Waals surface area contributed by atoms with Crippen LogP contribution in [-0.2, 0) is 0 Å². The molecule has 2 atom stereocenters. The summed E-state index contributed by atoms with van der Waals surface area (Å²) in [6.07, 6.45) is 2.94. The van der Waals surface area contributed by atoms with Crippen LogP contribution in [0.15, 0.2) is 48.5 Å². The third-order valence-corrected chi connectivity index (χ3v) is 5.63. The number of halogens is 2. The maximum atomic E-state index is 14.4. The number of carbonyl (C=O) groups is 1. The summed E-state index contributed by atoms with van der Waals surface area (Å²) >= 11 is 0. The lowest BCUT2D eigenvalue weighted by Crippen LogP contribution is -2.30. The molecule has 1 saturated carbocycles. The van der Waals surface area contributed by atoms with E-state index in [0.717, 1.165) is 42.3 Å². The lowest BCUT2D eigenvalue weighted by molar-refractivity contribution is 0.0956.